The molecule has 1 aromatic carbocycles. The number of aryl methyl sites for hydroxylation is 1. The van der Waals surface area contributed by atoms with Crippen LogP contribution in [-0.4, -0.2) is 50.0 Å². The Kier molecular flexibility index (Phi) is 5.63. The third-order valence-electron chi connectivity index (χ3n) is 3.85. The molecule has 10 heteroatoms. The van der Waals surface area contributed by atoms with Gasteiger partial charge in [0.25, 0.3) is 0 Å². The standard InChI is InChI=1S/C15H17FN4O4S/c16-9-3-1-8-2-4-12(11(8)5-9)17-14(18-23)13-15(20-24-19-13)25-7-10(22)6-21/h1,3,5,10,12,21-23H,2,4,6-7H2,(H,17,18)/t10?,12-/m0/s1. The van der Waals surface area contributed by atoms with Gasteiger partial charge in [0.15, 0.2) is 16.6 Å². The van der Waals surface area contributed by atoms with E-state index >= 15 is 0 Å². The number of nitrogens with one attached hydrogen (secondary N) is 1. The lowest BCUT2D eigenvalue weighted by Crippen LogP contribution is -2.23. The highest BCUT2D eigenvalue weighted by atomic mass is 32.2. The van der Waals surface area contributed by atoms with Crippen LogP contribution < -0.4 is 5.48 Å². The number of aliphatic hydroxyl groups excluding tert-OH is 2. The van der Waals surface area contributed by atoms with Crippen molar-refractivity contribution in [2.45, 2.75) is 30.0 Å². The SMILES string of the molecule is OCC(O)CSc1nonc1C(=N[C@H]1CCc2ccc(F)cc21)NO. The molecule has 0 aliphatic heterocycles. The Balaban J connectivity index is 1.84. The van der Waals surface area contributed by atoms with Crippen molar-refractivity contribution >= 4 is 17.6 Å². The van der Waals surface area contributed by atoms with Crippen molar-refractivity contribution in [1.82, 2.24) is 15.8 Å². The predicted molar refractivity (Wildman–Crippen MR) is 87.0 cm³/mol. The molecule has 0 fully saturated rings. The Labute approximate surface area is 146 Å². The van der Waals surface area contributed by atoms with Crippen LogP contribution in [0.4, 0.5) is 4.39 Å². The van der Waals surface area contributed by atoms with Crippen molar-refractivity contribution in [1.29, 1.82) is 0 Å². The smallest absolute Gasteiger partial charge is 0.185 e. The lowest BCUT2D eigenvalue weighted by molar-refractivity contribution is 0.113. The molecule has 1 aromatic heterocycles. The lowest BCUT2D eigenvalue weighted by atomic mass is 10.1. The molecule has 1 heterocycles. The number of benzene rings is 1. The maximum atomic E-state index is 13.5. The van der Waals surface area contributed by atoms with E-state index in [2.05, 4.69) is 15.3 Å². The first-order valence-corrected chi connectivity index (χ1v) is 8.61. The van der Waals surface area contributed by atoms with Crippen LogP contribution in [0.5, 0.6) is 0 Å². The van der Waals surface area contributed by atoms with Crippen LogP contribution in [0.1, 0.15) is 29.3 Å². The molecule has 0 saturated carbocycles. The zero-order chi connectivity index (χ0) is 17.8. The summed E-state index contributed by atoms with van der Waals surface area (Å²) in [6.45, 7) is -0.378. The van der Waals surface area contributed by atoms with E-state index in [0.717, 1.165) is 29.3 Å². The Morgan fingerprint density at radius 2 is 2.32 bits per heavy atom. The summed E-state index contributed by atoms with van der Waals surface area (Å²) in [4.78, 5) is 4.43. The molecular formula is C15H17FN4O4S. The van der Waals surface area contributed by atoms with Crippen LogP contribution in [0.3, 0.4) is 0 Å². The molecule has 2 aromatic rings. The van der Waals surface area contributed by atoms with Gasteiger partial charge in [-0.25, -0.2) is 9.02 Å². The van der Waals surface area contributed by atoms with Gasteiger partial charge in [-0.3, -0.25) is 15.7 Å². The maximum absolute atomic E-state index is 13.5. The van der Waals surface area contributed by atoms with Gasteiger partial charge in [-0.15, -0.1) is 0 Å². The topological polar surface area (TPSA) is 124 Å². The number of hydroxylamine groups is 1. The van der Waals surface area contributed by atoms with E-state index in [9.17, 15) is 14.7 Å². The Hall–Kier alpha value is -2.01. The summed E-state index contributed by atoms with van der Waals surface area (Å²) in [6, 6.07) is 4.28. The molecule has 4 N–H and O–H groups in total. The zero-order valence-corrected chi connectivity index (χ0v) is 13.9. The second-order valence-corrected chi connectivity index (χ2v) is 6.56. The van der Waals surface area contributed by atoms with Crippen molar-refractivity contribution in [2.24, 2.45) is 4.99 Å². The summed E-state index contributed by atoms with van der Waals surface area (Å²) in [5, 5.41) is 35.5. The number of aliphatic hydroxyl groups is 2. The Morgan fingerprint density at radius 1 is 1.48 bits per heavy atom. The number of aliphatic imine (C=N–C) groups is 1. The summed E-state index contributed by atoms with van der Waals surface area (Å²) in [5.74, 6) is -0.116. The number of thioether (sulfide) groups is 1. The van der Waals surface area contributed by atoms with Gasteiger partial charge >= 0.3 is 0 Å². The van der Waals surface area contributed by atoms with Crippen LogP contribution in [0.2, 0.25) is 0 Å². The van der Waals surface area contributed by atoms with Crippen molar-refractivity contribution < 1.29 is 24.4 Å². The summed E-state index contributed by atoms with van der Waals surface area (Å²) < 4.78 is 18.2. The highest BCUT2D eigenvalue weighted by Crippen LogP contribution is 2.35. The van der Waals surface area contributed by atoms with Gasteiger partial charge in [-0.2, -0.15) is 0 Å². The maximum Gasteiger partial charge on any atom is 0.185 e. The van der Waals surface area contributed by atoms with Gasteiger partial charge in [0.2, 0.25) is 0 Å². The van der Waals surface area contributed by atoms with E-state index in [-0.39, 0.29) is 35.7 Å². The fourth-order valence-electron chi connectivity index (χ4n) is 2.63. The molecule has 8 nitrogen and oxygen atoms in total. The first-order valence-electron chi connectivity index (χ1n) is 7.63. The molecule has 0 amide bonds. The average molecular weight is 368 g/mol. The predicted octanol–water partition coefficient (Wildman–Crippen LogP) is 1.07. The van der Waals surface area contributed by atoms with E-state index in [1.54, 1.807) is 6.07 Å². The van der Waals surface area contributed by atoms with Crippen LogP contribution in [0.25, 0.3) is 0 Å². The minimum absolute atomic E-state index is 0.0457. The third kappa shape index (κ3) is 3.98. The number of nitrogens with zero attached hydrogens (tertiary/aromatic N) is 3. The average Bonchev–Trinajstić information content (AvgIpc) is 3.24. The first kappa shape index (κ1) is 17.8. The molecule has 0 radical (unpaired) electrons. The molecule has 25 heavy (non-hydrogen) atoms. The molecule has 1 aliphatic carbocycles. The number of halogens is 1. The summed E-state index contributed by atoms with van der Waals surface area (Å²) >= 11 is 1.11. The molecule has 1 unspecified atom stereocenters. The van der Waals surface area contributed by atoms with Crippen molar-refractivity contribution in [3.05, 3.63) is 40.8 Å². The number of hydrogen-bond acceptors (Lipinski definition) is 8. The Bertz CT molecular complexity index is 770. The largest absolute Gasteiger partial charge is 0.394 e. The minimum Gasteiger partial charge on any atom is -0.394 e. The number of amidine groups is 1. The van der Waals surface area contributed by atoms with Crippen LogP contribution in [0.15, 0.2) is 32.8 Å². The number of hydrogen-bond donors (Lipinski definition) is 4. The summed E-state index contributed by atoms with van der Waals surface area (Å²) in [6.07, 6.45) is 0.534. The molecule has 2 atom stereocenters. The monoisotopic (exact) mass is 368 g/mol. The van der Waals surface area contributed by atoms with E-state index in [1.807, 2.05) is 5.48 Å². The third-order valence-corrected chi connectivity index (χ3v) is 4.94. The second-order valence-electron chi connectivity index (χ2n) is 5.55. The number of rotatable bonds is 6. The quantitative estimate of drug-likeness (QED) is 0.258. The van der Waals surface area contributed by atoms with Gasteiger partial charge in [0.05, 0.1) is 18.8 Å². The van der Waals surface area contributed by atoms with Crippen molar-refractivity contribution in [3.8, 4) is 0 Å². The van der Waals surface area contributed by atoms with E-state index < -0.39 is 6.10 Å². The van der Waals surface area contributed by atoms with Gasteiger partial charge in [-0.1, -0.05) is 17.8 Å². The second kappa shape index (κ2) is 7.91. The van der Waals surface area contributed by atoms with Gasteiger partial charge < -0.3 is 10.2 Å². The fraction of sp³-hybridized carbons (Fsp3) is 0.400. The van der Waals surface area contributed by atoms with Gasteiger partial charge in [-0.05, 0) is 46.4 Å². The highest BCUT2D eigenvalue weighted by molar-refractivity contribution is 7.99. The van der Waals surface area contributed by atoms with E-state index in [0.29, 0.717) is 11.4 Å². The zero-order valence-electron chi connectivity index (χ0n) is 13.1. The van der Waals surface area contributed by atoms with Crippen molar-refractivity contribution in [2.75, 3.05) is 12.4 Å². The molecule has 0 bridgehead atoms. The first-order chi connectivity index (χ1) is 12.1. The molecule has 1 aliphatic rings. The molecule has 0 spiro atoms. The fourth-order valence-corrected chi connectivity index (χ4v) is 3.44. The van der Waals surface area contributed by atoms with Crippen molar-refractivity contribution in [3.63, 3.8) is 0 Å². The number of aromatic nitrogens is 2. The number of fused-ring (bicyclic) bond motifs is 1. The molecule has 3 rings (SSSR count). The van der Waals surface area contributed by atoms with Crippen LogP contribution in [0, 0.1) is 5.82 Å². The molecule has 134 valence electrons. The Morgan fingerprint density at radius 3 is 3.08 bits per heavy atom. The molecular weight excluding hydrogens is 351 g/mol. The summed E-state index contributed by atoms with van der Waals surface area (Å²) in [7, 11) is 0. The van der Waals surface area contributed by atoms with Crippen LogP contribution >= 0.6 is 11.8 Å². The normalized spacial score (nSPS) is 18.2. The van der Waals surface area contributed by atoms with E-state index in [4.69, 9.17) is 9.74 Å². The minimum atomic E-state index is -0.915. The highest BCUT2D eigenvalue weighted by Gasteiger charge is 2.25. The van der Waals surface area contributed by atoms with Crippen LogP contribution in [-0.2, 0) is 6.42 Å². The van der Waals surface area contributed by atoms with E-state index in [1.165, 1.54) is 12.1 Å². The van der Waals surface area contributed by atoms with Gasteiger partial charge in [0, 0.05) is 5.75 Å². The lowest BCUT2D eigenvalue weighted by Gasteiger charge is -2.10. The molecule has 0 saturated heterocycles. The van der Waals surface area contributed by atoms with Gasteiger partial charge in [0.1, 0.15) is 5.82 Å². The summed E-state index contributed by atoms with van der Waals surface area (Å²) in [5.41, 5.74) is 3.96.